The van der Waals surface area contributed by atoms with Gasteiger partial charge in [-0.1, -0.05) is 55.4 Å². The second-order valence-corrected chi connectivity index (χ2v) is 17.9. The van der Waals surface area contributed by atoms with Crippen molar-refractivity contribution >= 4 is 11.8 Å². The molecule has 304 valence electrons. The maximum absolute atomic E-state index is 14.4. The normalized spacial score (nSPS) is 46.2. The van der Waals surface area contributed by atoms with Crippen molar-refractivity contribution in [3.05, 3.63) is 12.2 Å². The van der Waals surface area contributed by atoms with E-state index in [0.717, 1.165) is 6.42 Å². The number of carboxylic acid groups (broad SMARTS) is 1. The van der Waals surface area contributed by atoms with Crippen LogP contribution in [0.5, 0.6) is 0 Å². The van der Waals surface area contributed by atoms with E-state index in [1.807, 2.05) is 41.5 Å². The molecule has 0 bridgehead atoms. The third kappa shape index (κ3) is 7.94. The number of aliphatic hydroxyl groups is 3. The largest absolute Gasteiger partial charge is 0.481 e. The van der Waals surface area contributed by atoms with Gasteiger partial charge in [-0.25, -0.2) is 0 Å². The minimum atomic E-state index is -1.37. The number of carboxylic acids is 1. The maximum atomic E-state index is 14.4. The zero-order chi connectivity index (χ0) is 39.3. The van der Waals surface area contributed by atoms with E-state index >= 15 is 0 Å². The van der Waals surface area contributed by atoms with Crippen LogP contribution in [0.25, 0.3) is 0 Å². The van der Waals surface area contributed by atoms with Gasteiger partial charge in [-0.3, -0.25) is 9.59 Å². The summed E-state index contributed by atoms with van der Waals surface area (Å²) in [5, 5.41) is 44.0. The van der Waals surface area contributed by atoms with Crippen molar-refractivity contribution in [1.29, 1.82) is 0 Å². The molecule has 0 radical (unpaired) electrons. The number of hydrogen-bond acceptors (Lipinski definition) is 10. The molecule has 5 aliphatic heterocycles. The molecule has 4 N–H and O–H groups in total. The fourth-order valence-electron chi connectivity index (χ4n) is 10.5. The molecule has 0 aromatic rings. The summed E-state index contributed by atoms with van der Waals surface area (Å²) in [7, 11) is 0. The van der Waals surface area contributed by atoms with Crippen molar-refractivity contribution in [2.24, 2.45) is 41.4 Å². The van der Waals surface area contributed by atoms with Crippen molar-refractivity contribution in [2.75, 3.05) is 0 Å². The van der Waals surface area contributed by atoms with Crippen LogP contribution >= 0.6 is 0 Å². The molecule has 0 aromatic carbocycles. The van der Waals surface area contributed by atoms with E-state index < -0.39 is 76.8 Å². The molecule has 3 unspecified atom stereocenters. The molecule has 0 aliphatic carbocycles. The van der Waals surface area contributed by atoms with E-state index in [1.54, 1.807) is 19.1 Å². The van der Waals surface area contributed by atoms with Gasteiger partial charge >= 0.3 is 5.97 Å². The monoisotopic (exact) mass is 750 g/mol. The molecule has 0 aromatic heterocycles. The quantitative estimate of drug-likeness (QED) is 0.169. The first-order valence-corrected chi connectivity index (χ1v) is 20.7. The number of hydrogen-bond donors (Lipinski definition) is 4. The Kier molecular flexibility index (Phi) is 13.0. The Morgan fingerprint density at radius 2 is 1.57 bits per heavy atom. The molecule has 0 saturated carbocycles. The topological polar surface area (TPSA) is 161 Å². The molecule has 11 nitrogen and oxygen atoms in total. The smallest absolute Gasteiger partial charge is 0.309 e. The highest BCUT2D eigenvalue weighted by Crippen LogP contribution is 2.54. The Labute approximate surface area is 317 Å². The second-order valence-electron chi connectivity index (χ2n) is 17.9. The highest BCUT2D eigenvalue weighted by atomic mass is 16.8. The van der Waals surface area contributed by atoms with Crippen LogP contribution in [-0.4, -0.2) is 97.7 Å². The fraction of sp³-hybridized carbons (Fsp3) is 0.905. The lowest BCUT2D eigenvalue weighted by atomic mass is 9.72. The van der Waals surface area contributed by atoms with Gasteiger partial charge in [0.2, 0.25) is 5.79 Å². The van der Waals surface area contributed by atoms with Crippen molar-refractivity contribution in [3.63, 3.8) is 0 Å². The van der Waals surface area contributed by atoms with Crippen LogP contribution in [0.3, 0.4) is 0 Å². The summed E-state index contributed by atoms with van der Waals surface area (Å²) in [5.41, 5.74) is -1.63. The predicted molar refractivity (Wildman–Crippen MR) is 199 cm³/mol. The molecule has 4 fully saturated rings. The van der Waals surface area contributed by atoms with E-state index in [1.165, 1.54) is 0 Å². The van der Waals surface area contributed by atoms with Gasteiger partial charge in [-0.05, 0) is 95.6 Å². The van der Waals surface area contributed by atoms with Crippen LogP contribution < -0.4 is 0 Å². The number of carbonyl (C=O) groups is 2. The van der Waals surface area contributed by atoms with Gasteiger partial charge in [0, 0.05) is 30.1 Å². The zero-order valence-electron chi connectivity index (χ0n) is 34.0. The first-order valence-electron chi connectivity index (χ1n) is 20.7. The Hall–Kier alpha value is -1.44. The zero-order valence-corrected chi connectivity index (χ0v) is 34.0. The highest BCUT2D eigenvalue weighted by Gasteiger charge is 2.63. The second kappa shape index (κ2) is 16.2. The average Bonchev–Trinajstić information content (AvgIpc) is 3.47. The minimum absolute atomic E-state index is 0.0137. The van der Waals surface area contributed by atoms with Gasteiger partial charge < -0.3 is 44.1 Å². The van der Waals surface area contributed by atoms with Crippen LogP contribution in [0.1, 0.15) is 133 Å². The molecule has 2 spiro atoms. The lowest BCUT2D eigenvalue weighted by molar-refractivity contribution is -0.409. The van der Waals surface area contributed by atoms with Gasteiger partial charge in [0.1, 0.15) is 11.9 Å². The summed E-state index contributed by atoms with van der Waals surface area (Å²) in [6.07, 6.45) is 5.51. The third-order valence-corrected chi connectivity index (χ3v) is 14.4. The molecule has 4 saturated heterocycles. The fourth-order valence-corrected chi connectivity index (χ4v) is 10.5. The number of ketones is 1. The Bertz CT molecular complexity index is 1320. The van der Waals surface area contributed by atoms with Gasteiger partial charge in [-0.2, -0.15) is 0 Å². The van der Waals surface area contributed by atoms with E-state index in [2.05, 4.69) is 20.8 Å². The number of rotatable bonds is 12. The summed E-state index contributed by atoms with van der Waals surface area (Å²) in [4.78, 5) is 26.4. The highest BCUT2D eigenvalue weighted by molar-refractivity contribution is 5.84. The van der Waals surface area contributed by atoms with Crippen LogP contribution in [0.2, 0.25) is 0 Å². The summed E-state index contributed by atoms with van der Waals surface area (Å²) < 4.78 is 33.5. The number of aliphatic hydroxyl groups excluding tert-OH is 2. The average molecular weight is 751 g/mol. The van der Waals surface area contributed by atoms with Crippen LogP contribution in [0.15, 0.2) is 12.2 Å². The van der Waals surface area contributed by atoms with Gasteiger partial charge in [-0.15, -0.1) is 0 Å². The van der Waals surface area contributed by atoms with Crippen molar-refractivity contribution in [2.45, 2.75) is 199 Å². The molecule has 5 aliphatic rings. The first kappa shape index (κ1) is 42.7. The summed E-state index contributed by atoms with van der Waals surface area (Å²) in [5.74, 6) is -5.78. The minimum Gasteiger partial charge on any atom is -0.481 e. The molecular weight excluding hydrogens is 680 g/mol. The number of Topliss-reactive ketones (excluding diaryl/α,β-unsaturated/α-hetero) is 1. The van der Waals surface area contributed by atoms with Crippen molar-refractivity contribution in [1.82, 2.24) is 0 Å². The van der Waals surface area contributed by atoms with E-state index in [9.17, 15) is 30.0 Å². The lowest BCUT2D eigenvalue weighted by Crippen LogP contribution is -2.63. The van der Waals surface area contributed by atoms with Crippen molar-refractivity contribution < 1.29 is 53.7 Å². The van der Waals surface area contributed by atoms with E-state index in [-0.39, 0.29) is 41.8 Å². The van der Waals surface area contributed by atoms with Gasteiger partial charge in [0.05, 0.1) is 53.7 Å². The molecule has 11 heteroatoms. The molecule has 0 amide bonds. The third-order valence-electron chi connectivity index (χ3n) is 14.4. The molecule has 5 heterocycles. The number of ether oxygens (including phenoxy) is 5. The van der Waals surface area contributed by atoms with Crippen LogP contribution in [-0.2, 0) is 33.3 Å². The molecule has 5 rings (SSSR count). The van der Waals surface area contributed by atoms with E-state index in [0.29, 0.717) is 57.8 Å². The first-order chi connectivity index (χ1) is 24.8. The SMILES string of the molecule is CC[C@@H](C(=O)[C@@H](C)[C@@H](O)[C@H](C)[C@@H]1O[C@@H]([C@@H](CC)C(=O)O)CC[C@@H]1C)[C@H]1O[C@]2(C=CC(O)C3(CC[C@@](C)([C@H]4CCC(O)(CC)[C@H](C)O4)O3)O2)[C@H](C)C[C@@H]1C. The number of carbonyl (C=O) groups excluding carboxylic acids is 1. The molecule has 53 heavy (non-hydrogen) atoms. The van der Waals surface area contributed by atoms with E-state index in [4.69, 9.17) is 23.7 Å². The molecular formula is C42H70O11. The summed E-state index contributed by atoms with van der Waals surface area (Å²) >= 11 is 0. The predicted octanol–water partition coefficient (Wildman–Crippen LogP) is 6.19. The Balaban J connectivity index is 1.31. The summed E-state index contributed by atoms with van der Waals surface area (Å²) in [6.45, 7) is 19.6. The maximum Gasteiger partial charge on any atom is 0.309 e. The van der Waals surface area contributed by atoms with Crippen LogP contribution in [0, 0.1) is 41.4 Å². The Morgan fingerprint density at radius 1 is 0.887 bits per heavy atom. The van der Waals surface area contributed by atoms with Gasteiger partial charge in [0.25, 0.3) is 0 Å². The lowest BCUT2D eigenvalue weighted by Gasteiger charge is -2.54. The number of aliphatic carboxylic acids is 1. The van der Waals surface area contributed by atoms with Crippen LogP contribution in [0.4, 0.5) is 0 Å². The van der Waals surface area contributed by atoms with Crippen molar-refractivity contribution in [3.8, 4) is 0 Å². The molecule has 18 atom stereocenters. The Morgan fingerprint density at radius 3 is 2.17 bits per heavy atom. The standard InChI is InChI=1S/C42H70O11/c1-11-29(38(46)47)31-15-14-23(4)36(50-31)27(8)34(44)26(7)35(45)30(12-2)37-24(5)22-25(6)41(51-37)19-16-32(43)42(53-41)21-20-39(10,52-42)33-17-18-40(48,13-3)28(9)49-33/h16,19,23-34,36-37,43-44,48H,11-15,17-18,20-22H2,1-10H3,(H,46,47)/t23-,24-,25+,26-,27-,28-,29+,30-,31+,32?,33+,34+,36+,37-,39-,40?,41-,42?/m0/s1. The summed E-state index contributed by atoms with van der Waals surface area (Å²) in [6, 6.07) is 0. The van der Waals surface area contributed by atoms with Gasteiger partial charge in [0.15, 0.2) is 5.79 Å².